The normalized spacial score (nSPS) is 18.9. The molecular weight excluding hydrogens is 316 g/mol. The third-order valence-electron chi connectivity index (χ3n) is 3.36. The van der Waals surface area contributed by atoms with Crippen LogP contribution in [-0.4, -0.2) is 36.2 Å². The van der Waals surface area contributed by atoms with E-state index in [-0.39, 0.29) is 13.1 Å². The molecule has 1 aromatic carbocycles. The fourth-order valence-electron chi connectivity index (χ4n) is 2.35. The van der Waals surface area contributed by atoms with Crippen molar-refractivity contribution in [1.29, 1.82) is 0 Å². The molecule has 2 rings (SSSR count). The minimum atomic E-state index is -1.89. The predicted molar refractivity (Wildman–Crippen MR) is 74.8 cm³/mol. The molecule has 0 bridgehead atoms. The lowest BCUT2D eigenvalue weighted by Crippen LogP contribution is -2.50. The molecule has 1 aliphatic heterocycles. The number of amides is 1. The number of hydrogen-bond donors (Lipinski definition) is 1. The lowest BCUT2D eigenvalue weighted by molar-refractivity contribution is 0.0113. The van der Waals surface area contributed by atoms with E-state index in [1.165, 1.54) is 4.90 Å². The van der Waals surface area contributed by atoms with Crippen LogP contribution < -0.4 is 5.32 Å². The van der Waals surface area contributed by atoms with Gasteiger partial charge in [-0.2, -0.15) is 0 Å². The van der Waals surface area contributed by atoms with Gasteiger partial charge in [0.25, 0.3) is 0 Å². The molecule has 0 spiro atoms. The predicted octanol–water partition coefficient (Wildman–Crippen LogP) is 3.12. The molecule has 0 saturated carbocycles. The first-order valence-corrected chi connectivity index (χ1v) is 7.15. The Kier molecular flexibility index (Phi) is 4.84. The highest BCUT2D eigenvalue weighted by atomic mass is 19.2. The van der Waals surface area contributed by atoms with Gasteiger partial charge in [0, 0.05) is 25.2 Å². The van der Waals surface area contributed by atoms with Crippen molar-refractivity contribution in [1.82, 2.24) is 10.2 Å². The molecule has 1 saturated heterocycles. The lowest BCUT2D eigenvalue weighted by atomic mass is 10.0. The second kappa shape index (κ2) is 6.35. The number of nitrogens with zero attached hydrogens (tertiary/aromatic N) is 1. The standard InChI is InChI=1S/C15H18F4N2O2/c1-15(2,3)23-14(22)21-5-4-20-7-10(21)8-6-9(16)12(18)13(19)11(8)17/h6,10,20H,4-5,7H2,1-3H3. The molecular formula is C15H18F4N2O2. The molecule has 1 unspecified atom stereocenters. The van der Waals surface area contributed by atoms with Crippen molar-refractivity contribution >= 4 is 6.09 Å². The van der Waals surface area contributed by atoms with E-state index in [2.05, 4.69) is 5.32 Å². The maximum absolute atomic E-state index is 14.0. The topological polar surface area (TPSA) is 41.6 Å². The number of rotatable bonds is 1. The molecule has 1 atom stereocenters. The molecule has 1 aromatic rings. The Morgan fingerprint density at radius 1 is 1.22 bits per heavy atom. The van der Waals surface area contributed by atoms with Crippen molar-refractivity contribution in [2.45, 2.75) is 32.4 Å². The molecule has 0 radical (unpaired) electrons. The van der Waals surface area contributed by atoms with Crippen LogP contribution in [0.15, 0.2) is 6.07 Å². The van der Waals surface area contributed by atoms with Gasteiger partial charge < -0.3 is 10.1 Å². The summed E-state index contributed by atoms with van der Waals surface area (Å²) in [6.07, 6.45) is -0.728. The van der Waals surface area contributed by atoms with E-state index in [4.69, 9.17) is 4.74 Å². The van der Waals surface area contributed by atoms with Crippen LogP contribution in [0.1, 0.15) is 32.4 Å². The summed E-state index contributed by atoms with van der Waals surface area (Å²) in [5.74, 6) is -6.78. The maximum Gasteiger partial charge on any atom is 0.410 e. The van der Waals surface area contributed by atoms with Gasteiger partial charge in [-0.05, 0) is 26.8 Å². The van der Waals surface area contributed by atoms with Gasteiger partial charge in [-0.3, -0.25) is 4.90 Å². The number of hydrogen-bond acceptors (Lipinski definition) is 3. The first kappa shape index (κ1) is 17.5. The van der Waals surface area contributed by atoms with E-state index < -0.39 is 46.6 Å². The molecule has 1 heterocycles. The van der Waals surface area contributed by atoms with Crippen molar-refractivity contribution < 1.29 is 27.1 Å². The summed E-state index contributed by atoms with van der Waals surface area (Å²) < 4.78 is 59.2. The molecule has 8 heteroatoms. The van der Waals surface area contributed by atoms with E-state index in [9.17, 15) is 22.4 Å². The Morgan fingerprint density at radius 3 is 2.48 bits per heavy atom. The Bertz CT molecular complexity index is 616. The first-order valence-electron chi connectivity index (χ1n) is 7.15. The van der Waals surface area contributed by atoms with Gasteiger partial charge in [0.05, 0.1) is 6.04 Å². The minimum Gasteiger partial charge on any atom is -0.444 e. The molecule has 128 valence electrons. The van der Waals surface area contributed by atoms with Crippen LogP contribution in [0.25, 0.3) is 0 Å². The van der Waals surface area contributed by atoms with Crippen LogP contribution in [0.4, 0.5) is 22.4 Å². The van der Waals surface area contributed by atoms with Gasteiger partial charge in [0.15, 0.2) is 23.3 Å². The van der Waals surface area contributed by atoms with Crippen LogP contribution >= 0.6 is 0 Å². The van der Waals surface area contributed by atoms with Crippen molar-refractivity contribution in [3.63, 3.8) is 0 Å². The third kappa shape index (κ3) is 3.74. The molecule has 1 aliphatic rings. The number of carbonyl (C=O) groups is 1. The summed E-state index contributed by atoms with van der Waals surface area (Å²) in [5.41, 5.74) is -1.20. The Balaban J connectivity index is 2.38. The molecule has 0 aromatic heterocycles. The molecule has 4 nitrogen and oxygen atoms in total. The summed E-state index contributed by atoms with van der Waals surface area (Å²) >= 11 is 0. The first-order chi connectivity index (χ1) is 10.6. The van der Waals surface area contributed by atoms with Crippen LogP contribution in [-0.2, 0) is 4.74 Å². The molecule has 1 N–H and O–H groups in total. The summed E-state index contributed by atoms with van der Waals surface area (Å²) in [7, 11) is 0. The smallest absolute Gasteiger partial charge is 0.410 e. The van der Waals surface area contributed by atoms with E-state index >= 15 is 0 Å². The number of piperazine rings is 1. The highest BCUT2D eigenvalue weighted by molar-refractivity contribution is 5.69. The highest BCUT2D eigenvalue weighted by Crippen LogP contribution is 2.29. The van der Waals surface area contributed by atoms with Gasteiger partial charge in [0.2, 0.25) is 0 Å². The summed E-state index contributed by atoms with van der Waals surface area (Å²) in [5, 5.41) is 2.91. The zero-order valence-corrected chi connectivity index (χ0v) is 13.1. The monoisotopic (exact) mass is 334 g/mol. The summed E-state index contributed by atoms with van der Waals surface area (Å²) in [6, 6.07) is -0.425. The molecule has 1 amide bonds. The fraction of sp³-hybridized carbons (Fsp3) is 0.533. The molecule has 0 aliphatic carbocycles. The van der Waals surface area contributed by atoms with Gasteiger partial charge in [-0.25, -0.2) is 22.4 Å². The second-order valence-corrected chi connectivity index (χ2v) is 6.28. The third-order valence-corrected chi connectivity index (χ3v) is 3.36. The lowest BCUT2D eigenvalue weighted by Gasteiger charge is -2.37. The van der Waals surface area contributed by atoms with Crippen molar-refractivity contribution in [2.75, 3.05) is 19.6 Å². The fourth-order valence-corrected chi connectivity index (χ4v) is 2.35. The van der Waals surface area contributed by atoms with Crippen LogP contribution in [0, 0.1) is 23.3 Å². The highest BCUT2D eigenvalue weighted by Gasteiger charge is 2.34. The minimum absolute atomic E-state index is 0.0701. The average Bonchev–Trinajstić information content (AvgIpc) is 2.47. The van der Waals surface area contributed by atoms with Crippen LogP contribution in [0.3, 0.4) is 0 Å². The van der Waals surface area contributed by atoms with E-state index in [1.54, 1.807) is 20.8 Å². The maximum atomic E-state index is 14.0. The Labute approximate surface area is 131 Å². The van der Waals surface area contributed by atoms with E-state index in [0.29, 0.717) is 12.6 Å². The zero-order valence-electron chi connectivity index (χ0n) is 13.1. The van der Waals surface area contributed by atoms with Gasteiger partial charge in [0.1, 0.15) is 5.60 Å². The summed E-state index contributed by atoms with van der Waals surface area (Å²) in [4.78, 5) is 13.4. The number of nitrogens with one attached hydrogen (secondary N) is 1. The van der Waals surface area contributed by atoms with Crippen molar-refractivity contribution in [3.05, 3.63) is 34.9 Å². The SMILES string of the molecule is CC(C)(C)OC(=O)N1CCNCC1c1cc(F)c(F)c(F)c1F. The van der Waals surface area contributed by atoms with Crippen molar-refractivity contribution in [2.24, 2.45) is 0 Å². The van der Waals surface area contributed by atoms with Crippen LogP contribution in [0.5, 0.6) is 0 Å². The number of halogens is 4. The Morgan fingerprint density at radius 2 is 1.87 bits per heavy atom. The average molecular weight is 334 g/mol. The summed E-state index contributed by atoms with van der Waals surface area (Å²) in [6.45, 7) is 5.66. The molecule has 1 fully saturated rings. The van der Waals surface area contributed by atoms with Gasteiger partial charge >= 0.3 is 6.09 Å². The quantitative estimate of drug-likeness (QED) is 0.487. The van der Waals surface area contributed by atoms with E-state index in [1.807, 2.05) is 0 Å². The number of carbonyl (C=O) groups excluding carboxylic acids is 1. The van der Waals surface area contributed by atoms with Crippen LogP contribution in [0.2, 0.25) is 0 Å². The second-order valence-electron chi connectivity index (χ2n) is 6.28. The van der Waals surface area contributed by atoms with Gasteiger partial charge in [-0.1, -0.05) is 0 Å². The number of ether oxygens (including phenoxy) is 1. The number of benzene rings is 1. The Hall–Kier alpha value is -1.83. The largest absolute Gasteiger partial charge is 0.444 e. The zero-order chi connectivity index (χ0) is 17.4. The van der Waals surface area contributed by atoms with Crippen molar-refractivity contribution in [3.8, 4) is 0 Å². The van der Waals surface area contributed by atoms with Gasteiger partial charge in [-0.15, -0.1) is 0 Å². The molecule has 23 heavy (non-hydrogen) atoms. The van der Waals surface area contributed by atoms with E-state index in [0.717, 1.165) is 0 Å².